The molecule has 8 heteroatoms. The number of hydrogen-bond donors (Lipinski definition) is 3. The first-order chi connectivity index (χ1) is 14.4. The van der Waals surface area contributed by atoms with Crippen LogP contribution in [-0.4, -0.2) is 43.2 Å². The third-order valence-corrected chi connectivity index (χ3v) is 6.14. The van der Waals surface area contributed by atoms with Gasteiger partial charge in [-0.05, 0) is 42.1 Å². The summed E-state index contributed by atoms with van der Waals surface area (Å²) in [6.45, 7) is 1.86. The fraction of sp³-hybridized carbons (Fsp3) is 0.143. The molecule has 7 nitrogen and oxygen atoms in total. The molecule has 0 fully saturated rings. The average Bonchev–Trinajstić information content (AvgIpc) is 3.52. The lowest BCUT2D eigenvalue weighted by Crippen LogP contribution is -2.20. The summed E-state index contributed by atoms with van der Waals surface area (Å²) >= 11 is 1.69. The number of imidazole rings is 1. The highest BCUT2D eigenvalue weighted by atomic mass is 32.1. The summed E-state index contributed by atoms with van der Waals surface area (Å²) in [6.07, 6.45) is 6.84. The van der Waals surface area contributed by atoms with E-state index in [9.17, 15) is 0 Å². The molecule has 0 spiro atoms. The predicted octanol–water partition coefficient (Wildman–Crippen LogP) is 4.00. The second-order valence-corrected chi connectivity index (χ2v) is 7.94. The van der Waals surface area contributed by atoms with E-state index in [-0.39, 0.29) is 0 Å². The van der Waals surface area contributed by atoms with Crippen LogP contribution in [0.3, 0.4) is 0 Å². The molecule has 0 aromatic carbocycles. The quantitative estimate of drug-likeness (QED) is 0.426. The van der Waals surface area contributed by atoms with E-state index in [1.165, 1.54) is 10.5 Å². The molecule has 0 saturated carbocycles. The van der Waals surface area contributed by atoms with E-state index in [2.05, 4.69) is 54.1 Å². The van der Waals surface area contributed by atoms with Crippen LogP contribution in [0.2, 0.25) is 0 Å². The lowest BCUT2D eigenvalue weighted by Gasteiger charge is -2.13. The molecule has 1 aliphatic rings. The molecule has 6 rings (SSSR count). The number of pyridine rings is 2. The summed E-state index contributed by atoms with van der Waals surface area (Å²) in [6, 6.07) is 8.26. The van der Waals surface area contributed by atoms with Crippen molar-refractivity contribution in [1.29, 1.82) is 0 Å². The van der Waals surface area contributed by atoms with E-state index < -0.39 is 0 Å². The number of aromatic nitrogens is 6. The highest BCUT2D eigenvalue weighted by Crippen LogP contribution is 2.33. The van der Waals surface area contributed by atoms with Crippen LogP contribution in [-0.2, 0) is 0 Å². The van der Waals surface area contributed by atoms with E-state index in [0.29, 0.717) is 5.82 Å². The summed E-state index contributed by atoms with van der Waals surface area (Å²) in [4.78, 5) is 18.5. The Kier molecular flexibility index (Phi) is 3.78. The number of hydrogen-bond acceptors (Lipinski definition) is 6. The second kappa shape index (κ2) is 6.61. The maximum absolute atomic E-state index is 4.86. The summed E-state index contributed by atoms with van der Waals surface area (Å²) in [5, 5.41) is 14.0. The average molecular weight is 399 g/mol. The van der Waals surface area contributed by atoms with Gasteiger partial charge in [0.1, 0.15) is 11.2 Å². The highest BCUT2D eigenvalue weighted by Gasteiger charge is 2.17. The monoisotopic (exact) mass is 399 g/mol. The first-order valence-corrected chi connectivity index (χ1v) is 10.4. The molecule has 0 aliphatic carbocycles. The lowest BCUT2D eigenvalue weighted by atomic mass is 10.0. The Morgan fingerprint density at radius 2 is 2.14 bits per heavy atom. The van der Waals surface area contributed by atoms with Crippen LogP contribution in [0.25, 0.3) is 49.6 Å². The Hall–Kier alpha value is -3.36. The first kappa shape index (κ1) is 16.6. The minimum atomic E-state index is 0.708. The van der Waals surface area contributed by atoms with Crippen molar-refractivity contribution in [1.82, 2.24) is 35.5 Å². The van der Waals surface area contributed by atoms with E-state index in [4.69, 9.17) is 4.98 Å². The summed E-state index contributed by atoms with van der Waals surface area (Å²) in [7, 11) is 0. The first-order valence-electron chi connectivity index (χ1n) is 9.50. The van der Waals surface area contributed by atoms with Crippen LogP contribution in [0.4, 0.5) is 0 Å². The van der Waals surface area contributed by atoms with Gasteiger partial charge in [-0.25, -0.2) is 9.97 Å². The molecule has 0 amide bonds. The number of H-pyrrole nitrogens is 2. The molecule has 142 valence electrons. The molecule has 0 bridgehead atoms. The van der Waals surface area contributed by atoms with Gasteiger partial charge in [-0.15, -0.1) is 11.3 Å². The van der Waals surface area contributed by atoms with Gasteiger partial charge >= 0.3 is 0 Å². The van der Waals surface area contributed by atoms with Crippen molar-refractivity contribution in [3.63, 3.8) is 0 Å². The maximum atomic E-state index is 4.86. The minimum Gasteiger partial charge on any atom is -0.321 e. The molecule has 5 aromatic rings. The Morgan fingerprint density at radius 1 is 1.14 bits per heavy atom. The number of nitrogens with one attached hydrogen (secondary N) is 3. The van der Waals surface area contributed by atoms with Gasteiger partial charge in [0, 0.05) is 28.6 Å². The fourth-order valence-electron chi connectivity index (χ4n) is 3.78. The van der Waals surface area contributed by atoms with Gasteiger partial charge in [0.05, 0.1) is 17.4 Å². The summed E-state index contributed by atoms with van der Waals surface area (Å²) < 4.78 is 0. The number of rotatable bonds is 3. The van der Waals surface area contributed by atoms with Crippen molar-refractivity contribution >= 4 is 39.0 Å². The molecule has 29 heavy (non-hydrogen) atoms. The van der Waals surface area contributed by atoms with Gasteiger partial charge in [0.25, 0.3) is 0 Å². The Bertz CT molecular complexity index is 1360. The van der Waals surface area contributed by atoms with Crippen LogP contribution in [0.15, 0.2) is 48.1 Å². The zero-order valence-corrected chi connectivity index (χ0v) is 16.3. The van der Waals surface area contributed by atoms with Gasteiger partial charge in [-0.1, -0.05) is 12.1 Å². The van der Waals surface area contributed by atoms with Gasteiger partial charge in [0.15, 0.2) is 11.5 Å². The van der Waals surface area contributed by atoms with Crippen molar-refractivity contribution in [2.75, 3.05) is 13.1 Å². The second-order valence-electron chi connectivity index (χ2n) is 6.99. The molecule has 0 unspecified atom stereocenters. The number of aromatic amines is 2. The zero-order valence-electron chi connectivity index (χ0n) is 15.4. The molecular weight excluding hydrogens is 382 g/mol. The normalized spacial score (nSPS) is 14.6. The molecule has 1 aliphatic heterocycles. The van der Waals surface area contributed by atoms with E-state index in [1.54, 1.807) is 11.3 Å². The zero-order chi connectivity index (χ0) is 19.2. The number of nitrogens with zero attached hydrogens (tertiary/aromatic N) is 4. The Labute approximate surface area is 169 Å². The van der Waals surface area contributed by atoms with Crippen molar-refractivity contribution in [3.05, 3.63) is 53.8 Å². The molecule has 0 radical (unpaired) electrons. The number of thiophene rings is 1. The van der Waals surface area contributed by atoms with Crippen molar-refractivity contribution in [2.24, 2.45) is 0 Å². The third-order valence-electron chi connectivity index (χ3n) is 5.24. The smallest absolute Gasteiger partial charge is 0.160 e. The van der Waals surface area contributed by atoms with Crippen LogP contribution in [0.5, 0.6) is 0 Å². The topological polar surface area (TPSA) is 95.2 Å². The third kappa shape index (κ3) is 2.76. The Balaban J connectivity index is 1.50. The molecule has 5 aromatic heterocycles. The van der Waals surface area contributed by atoms with Crippen LogP contribution in [0.1, 0.15) is 12.1 Å². The van der Waals surface area contributed by atoms with Gasteiger partial charge < -0.3 is 10.3 Å². The summed E-state index contributed by atoms with van der Waals surface area (Å²) in [5.74, 6) is 0.708. The van der Waals surface area contributed by atoms with Crippen LogP contribution < -0.4 is 5.32 Å². The van der Waals surface area contributed by atoms with E-state index >= 15 is 0 Å². The molecule has 3 N–H and O–H groups in total. The van der Waals surface area contributed by atoms with Crippen molar-refractivity contribution in [3.8, 4) is 22.0 Å². The lowest BCUT2D eigenvalue weighted by molar-refractivity contribution is 0.737. The van der Waals surface area contributed by atoms with Gasteiger partial charge in [-0.3, -0.25) is 10.1 Å². The largest absolute Gasteiger partial charge is 0.321 e. The minimum absolute atomic E-state index is 0.708. The maximum Gasteiger partial charge on any atom is 0.160 e. The Morgan fingerprint density at radius 3 is 3.00 bits per heavy atom. The molecule has 0 saturated heterocycles. The fourth-order valence-corrected chi connectivity index (χ4v) is 4.53. The SMILES string of the molecule is C1=C(c2cc3c(-c4nc5c(-c6cccs6)ccnc5[nH]4)n[nH]c3cn2)CCNC1. The number of fused-ring (bicyclic) bond motifs is 2. The molecule has 6 heterocycles. The van der Waals surface area contributed by atoms with Crippen LogP contribution >= 0.6 is 11.3 Å². The standard InChI is InChI=1S/C21H17N7S/c1-2-17(29-9-1)13-5-8-23-20-18(13)25-21(26-20)19-14-10-15(12-3-6-22-7-4-12)24-11-16(14)27-28-19/h1-3,5,8-11,22H,4,6-7H2,(H,27,28)(H,23,25,26). The van der Waals surface area contributed by atoms with Gasteiger partial charge in [0.2, 0.25) is 0 Å². The highest BCUT2D eigenvalue weighted by molar-refractivity contribution is 7.13. The summed E-state index contributed by atoms with van der Waals surface area (Å²) in [5.41, 5.74) is 6.64. The van der Waals surface area contributed by atoms with Crippen LogP contribution in [0, 0.1) is 0 Å². The van der Waals surface area contributed by atoms with Gasteiger partial charge in [-0.2, -0.15) is 5.10 Å². The van der Waals surface area contributed by atoms with Crippen molar-refractivity contribution < 1.29 is 0 Å². The van der Waals surface area contributed by atoms with E-state index in [0.717, 1.165) is 58.5 Å². The molecule has 0 atom stereocenters. The van der Waals surface area contributed by atoms with E-state index in [1.807, 2.05) is 24.5 Å². The predicted molar refractivity (Wildman–Crippen MR) is 116 cm³/mol. The molecular formula is C21H17N7S. The van der Waals surface area contributed by atoms with Crippen molar-refractivity contribution in [2.45, 2.75) is 6.42 Å².